The highest BCUT2D eigenvalue weighted by molar-refractivity contribution is 5.84. The van der Waals surface area contributed by atoms with E-state index in [1.54, 1.807) is 43.3 Å². The number of hydrogen-bond acceptors (Lipinski definition) is 9. The second-order valence-corrected chi connectivity index (χ2v) is 8.02. The zero-order valence-electron chi connectivity index (χ0n) is 20.9. The van der Waals surface area contributed by atoms with Gasteiger partial charge in [0.1, 0.15) is 0 Å². The fraction of sp³-hybridized carbons (Fsp3) is 0.185. The van der Waals surface area contributed by atoms with Gasteiger partial charge in [0.25, 0.3) is 5.56 Å². The van der Waals surface area contributed by atoms with Crippen LogP contribution < -0.4 is 15.0 Å². The average molecular weight is 517 g/mol. The third-order valence-electron chi connectivity index (χ3n) is 5.49. The predicted octanol–water partition coefficient (Wildman–Crippen LogP) is 4.19. The fourth-order valence-corrected chi connectivity index (χ4v) is 3.72. The SMILES string of the molecule is CCOc1cc(C=Nn2c(-c3ccccc3)nc3ccccc3c2=O)cc([N+](=O)[O-])c1O[C@@H](C)C(=O)OC. The first-order chi connectivity index (χ1) is 18.3. The zero-order chi connectivity index (χ0) is 27.2. The zero-order valence-corrected chi connectivity index (χ0v) is 20.9. The number of nitro groups is 1. The molecule has 0 saturated carbocycles. The monoisotopic (exact) mass is 516 g/mol. The van der Waals surface area contributed by atoms with Gasteiger partial charge in [0.15, 0.2) is 17.7 Å². The molecular weight excluding hydrogens is 492 g/mol. The molecule has 0 fully saturated rings. The molecule has 11 heteroatoms. The summed E-state index contributed by atoms with van der Waals surface area (Å²) in [7, 11) is 1.19. The van der Waals surface area contributed by atoms with Crippen LogP contribution in [0.2, 0.25) is 0 Å². The molecule has 1 heterocycles. The van der Waals surface area contributed by atoms with Gasteiger partial charge in [0.05, 0.1) is 35.8 Å². The lowest BCUT2D eigenvalue weighted by Crippen LogP contribution is -2.25. The van der Waals surface area contributed by atoms with E-state index in [0.29, 0.717) is 22.3 Å². The highest BCUT2D eigenvalue weighted by Gasteiger charge is 2.27. The van der Waals surface area contributed by atoms with Crippen LogP contribution in [0.1, 0.15) is 19.4 Å². The Hall–Kier alpha value is -5.06. The first-order valence-electron chi connectivity index (χ1n) is 11.6. The van der Waals surface area contributed by atoms with Crippen LogP contribution in [0.5, 0.6) is 11.5 Å². The molecule has 0 bridgehead atoms. The van der Waals surface area contributed by atoms with E-state index in [4.69, 9.17) is 9.47 Å². The number of rotatable bonds is 9. The van der Waals surface area contributed by atoms with Crippen molar-refractivity contribution < 1.29 is 23.9 Å². The summed E-state index contributed by atoms with van der Waals surface area (Å²) in [5, 5.41) is 16.6. The summed E-state index contributed by atoms with van der Waals surface area (Å²) in [6.45, 7) is 3.28. The lowest BCUT2D eigenvalue weighted by Gasteiger charge is -2.16. The lowest BCUT2D eigenvalue weighted by atomic mass is 10.1. The molecule has 38 heavy (non-hydrogen) atoms. The van der Waals surface area contributed by atoms with Crippen molar-refractivity contribution in [2.45, 2.75) is 20.0 Å². The largest absolute Gasteiger partial charge is 0.490 e. The average Bonchev–Trinajstić information content (AvgIpc) is 2.93. The Morgan fingerprint density at radius 2 is 1.87 bits per heavy atom. The molecule has 11 nitrogen and oxygen atoms in total. The Bertz CT molecular complexity index is 1580. The van der Waals surface area contributed by atoms with Crippen LogP contribution >= 0.6 is 0 Å². The van der Waals surface area contributed by atoms with Gasteiger partial charge in [-0.05, 0) is 32.0 Å². The van der Waals surface area contributed by atoms with Crippen molar-refractivity contribution in [2.75, 3.05) is 13.7 Å². The molecule has 1 atom stereocenters. The lowest BCUT2D eigenvalue weighted by molar-refractivity contribution is -0.386. The summed E-state index contributed by atoms with van der Waals surface area (Å²) < 4.78 is 16.9. The van der Waals surface area contributed by atoms with Crippen molar-refractivity contribution in [1.29, 1.82) is 0 Å². The minimum atomic E-state index is -1.12. The van der Waals surface area contributed by atoms with Crippen LogP contribution in [0.4, 0.5) is 5.69 Å². The molecule has 0 N–H and O–H groups in total. The molecule has 194 valence electrons. The number of nitro benzene ring substituents is 1. The molecule has 0 radical (unpaired) electrons. The molecule has 3 aromatic carbocycles. The van der Waals surface area contributed by atoms with Crippen LogP contribution in [0, 0.1) is 10.1 Å². The number of aromatic nitrogens is 2. The van der Waals surface area contributed by atoms with Gasteiger partial charge in [-0.25, -0.2) is 9.78 Å². The van der Waals surface area contributed by atoms with Crippen molar-refractivity contribution in [3.05, 3.63) is 92.8 Å². The third-order valence-corrected chi connectivity index (χ3v) is 5.49. The molecule has 4 aromatic rings. The van der Waals surface area contributed by atoms with Crippen molar-refractivity contribution in [3.63, 3.8) is 0 Å². The number of esters is 1. The smallest absolute Gasteiger partial charge is 0.346 e. The van der Waals surface area contributed by atoms with Gasteiger partial charge in [-0.15, -0.1) is 0 Å². The van der Waals surface area contributed by atoms with E-state index >= 15 is 0 Å². The molecular formula is C27H24N4O7. The molecule has 0 aliphatic heterocycles. The van der Waals surface area contributed by atoms with Gasteiger partial charge in [-0.3, -0.25) is 14.9 Å². The van der Waals surface area contributed by atoms with E-state index in [-0.39, 0.29) is 23.7 Å². The molecule has 0 spiro atoms. The highest BCUT2D eigenvalue weighted by atomic mass is 16.6. The van der Waals surface area contributed by atoms with Crippen LogP contribution in [-0.2, 0) is 9.53 Å². The standard InChI is InChI=1S/C27H24N4O7/c1-4-37-23-15-18(14-22(31(34)35)24(23)38-17(2)27(33)36-3)16-28-30-25(19-10-6-5-7-11-19)29-21-13-9-8-12-20(21)26(30)32/h5-17H,4H2,1-3H3/t17-/m0/s1. The maximum atomic E-state index is 13.4. The number of carbonyl (C=O) groups is 1. The molecule has 4 rings (SSSR count). The topological polar surface area (TPSA) is 135 Å². The number of carbonyl (C=O) groups excluding carboxylic acids is 1. The number of fused-ring (bicyclic) bond motifs is 1. The summed E-state index contributed by atoms with van der Waals surface area (Å²) in [4.78, 5) is 41.1. The summed E-state index contributed by atoms with van der Waals surface area (Å²) in [6, 6.07) is 18.7. The molecule has 0 amide bonds. The summed E-state index contributed by atoms with van der Waals surface area (Å²) in [5.74, 6) is -0.589. The number of methoxy groups -OCH3 is 1. The van der Waals surface area contributed by atoms with Crippen LogP contribution in [-0.4, -0.2) is 46.6 Å². The summed E-state index contributed by atoms with van der Waals surface area (Å²) in [6.07, 6.45) is 0.181. The molecule has 0 aliphatic rings. The molecule has 0 aliphatic carbocycles. The van der Waals surface area contributed by atoms with Gasteiger partial charge >= 0.3 is 11.7 Å². The minimum absolute atomic E-state index is 0.0335. The maximum Gasteiger partial charge on any atom is 0.346 e. The molecule has 1 aromatic heterocycles. The van der Waals surface area contributed by atoms with Crippen molar-refractivity contribution in [2.24, 2.45) is 5.10 Å². The fourth-order valence-electron chi connectivity index (χ4n) is 3.72. The Labute approximate surface area is 217 Å². The number of ether oxygens (including phenoxy) is 3. The van der Waals surface area contributed by atoms with E-state index in [9.17, 15) is 19.7 Å². The van der Waals surface area contributed by atoms with E-state index in [1.165, 1.54) is 32.4 Å². The minimum Gasteiger partial charge on any atom is -0.490 e. The van der Waals surface area contributed by atoms with Crippen molar-refractivity contribution in [1.82, 2.24) is 9.66 Å². The van der Waals surface area contributed by atoms with Gasteiger partial charge in [-0.2, -0.15) is 9.78 Å². The normalized spacial score (nSPS) is 11.9. The number of nitrogens with zero attached hydrogens (tertiary/aromatic N) is 4. The van der Waals surface area contributed by atoms with Gasteiger partial charge in [0, 0.05) is 17.2 Å². The Morgan fingerprint density at radius 3 is 2.55 bits per heavy atom. The van der Waals surface area contributed by atoms with Gasteiger partial charge < -0.3 is 14.2 Å². The summed E-state index contributed by atoms with van der Waals surface area (Å²) in [5.41, 5.74) is 0.585. The predicted molar refractivity (Wildman–Crippen MR) is 141 cm³/mol. The van der Waals surface area contributed by atoms with Crippen molar-refractivity contribution in [3.8, 4) is 22.9 Å². The van der Waals surface area contributed by atoms with Gasteiger partial charge in [-0.1, -0.05) is 42.5 Å². The quantitative estimate of drug-likeness (QED) is 0.140. The van der Waals surface area contributed by atoms with Crippen LogP contribution in [0.15, 0.2) is 76.6 Å². The Balaban J connectivity index is 1.86. The van der Waals surface area contributed by atoms with E-state index in [1.807, 2.05) is 18.2 Å². The van der Waals surface area contributed by atoms with E-state index in [0.717, 1.165) is 4.68 Å². The molecule has 0 unspecified atom stereocenters. The van der Waals surface area contributed by atoms with E-state index < -0.39 is 28.2 Å². The van der Waals surface area contributed by atoms with E-state index in [2.05, 4.69) is 14.8 Å². The second kappa shape index (κ2) is 11.3. The van der Waals surface area contributed by atoms with Crippen molar-refractivity contribution >= 4 is 28.8 Å². The second-order valence-electron chi connectivity index (χ2n) is 8.02. The highest BCUT2D eigenvalue weighted by Crippen LogP contribution is 2.39. The first kappa shape index (κ1) is 26.0. The number of hydrogen-bond donors (Lipinski definition) is 0. The maximum absolute atomic E-state index is 13.4. The summed E-state index contributed by atoms with van der Waals surface area (Å²) >= 11 is 0. The number of benzene rings is 3. The Morgan fingerprint density at radius 1 is 1.16 bits per heavy atom. The first-order valence-corrected chi connectivity index (χ1v) is 11.6. The van der Waals surface area contributed by atoms with Crippen LogP contribution in [0.25, 0.3) is 22.3 Å². The number of para-hydroxylation sites is 1. The van der Waals surface area contributed by atoms with Crippen LogP contribution in [0.3, 0.4) is 0 Å². The molecule has 0 saturated heterocycles. The third kappa shape index (κ3) is 5.36. The Kier molecular flexibility index (Phi) is 7.76. The van der Waals surface area contributed by atoms with Gasteiger partial charge in [0.2, 0.25) is 5.75 Å².